The molecule has 15 heavy (non-hydrogen) atoms. The van der Waals surface area contributed by atoms with E-state index in [4.69, 9.17) is 11.5 Å². The van der Waals surface area contributed by atoms with Gasteiger partial charge in [0.05, 0.1) is 10.3 Å². The van der Waals surface area contributed by atoms with Crippen molar-refractivity contribution in [2.24, 2.45) is 5.73 Å². The van der Waals surface area contributed by atoms with Crippen molar-refractivity contribution in [2.45, 2.75) is 6.92 Å². The summed E-state index contributed by atoms with van der Waals surface area (Å²) < 4.78 is 0. The van der Waals surface area contributed by atoms with E-state index in [0.29, 0.717) is 20.7 Å². The number of H-pyrrole nitrogens is 1. The summed E-state index contributed by atoms with van der Waals surface area (Å²) in [5, 5.41) is 0.591. The van der Waals surface area contributed by atoms with Crippen molar-refractivity contribution >= 4 is 33.3 Å². The van der Waals surface area contributed by atoms with Crippen molar-refractivity contribution in [1.82, 2.24) is 9.97 Å². The number of anilines is 1. The van der Waals surface area contributed by atoms with E-state index in [1.165, 1.54) is 0 Å². The molecule has 1 amide bonds. The molecular weight excluding hydrogens is 216 g/mol. The third-order valence-corrected chi connectivity index (χ3v) is 3.27. The van der Waals surface area contributed by atoms with E-state index in [1.807, 2.05) is 0 Å². The van der Waals surface area contributed by atoms with Crippen LogP contribution >= 0.6 is 11.3 Å². The zero-order chi connectivity index (χ0) is 11.2. The Hall–Kier alpha value is -1.89. The van der Waals surface area contributed by atoms with Crippen LogP contribution in [0.2, 0.25) is 0 Å². The van der Waals surface area contributed by atoms with Gasteiger partial charge in [-0.3, -0.25) is 9.78 Å². The second-order valence-corrected chi connectivity index (χ2v) is 4.06. The Morgan fingerprint density at radius 3 is 2.80 bits per heavy atom. The highest BCUT2D eigenvalue weighted by atomic mass is 32.1. The molecule has 0 saturated carbocycles. The van der Waals surface area contributed by atoms with Gasteiger partial charge in [-0.1, -0.05) is 0 Å². The lowest BCUT2D eigenvalue weighted by Gasteiger charge is -1.96. The molecule has 0 saturated heterocycles. The van der Waals surface area contributed by atoms with Crippen LogP contribution in [-0.2, 0) is 0 Å². The maximum atomic E-state index is 11.1. The number of carbonyl (C=O) groups is 1. The van der Waals surface area contributed by atoms with E-state index in [1.54, 1.807) is 6.92 Å². The van der Waals surface area contributed by atoms with Gasteiger partial charge in [0, 0.05) is 0 Å². The van der Waals surface area contributed by atoms with Crippen LogP contribution in [-0.4, -0.2) is 15.9 Å². The van der Waals surface area contributed by atoms with E-state index < -0.39 is 11.6 Å². The fourth-order valence-electron chi connectivity index (χ4n) is 1.43. The number of rotatable bonds is 1. The second-order valence-electron chi connectivity index (χ2n) is 3.06. The fourth-order valence-corrected chi connectivity index (χ4v) is 2.47. The molecule has 0 aromatic carbocycles. The van der Waals surface area contributed by atoms with Crippen LogP contribution in [0.5, 0.6) is 0 Å². The van der Waals surface area contributed by atoms with Crippen molar-refractivity contribution in [1.29, 1.82) is 0 Å². The van der Waals surface area contributed by atoms with Crippen molar-refractivity contribution < 1.29 is 4.79 Å². The average molecular weight is 224 g/mol. The van der Waals surface area contributed by atoms with E-state index in [-0.39, 0.29) is 5.82 Å². The minimum atomic E-state index is -0.539. The van der Waals surface area contributed by atoms with Crippen LogP contribution in [0.4, 0.5) is 5.82 Å². The summed E-state index contributed by atoms with van der Waals surface area (Å²) in [6, 6.07) is 0. The first-order valence-corrected chi connectivity index (χ1v) is 4.91. The number of hydrogen-bond donors (Lipinski definition) is 3. The van der Waals surface area contributed by atoms with Crippen molar-refractivity contribution in [2.75, 3.05) is 5.73 Å². The highest BCUT2D eigenvalue weighted by molar-refractivity contribution is 7.20. The summed E-state index contributed by atoms with van der Waals surface area (Å²) in [7, 11) is 0. The van der Waals surface area contributed by atoms with Gasteiger partial charge < -0.3 is 11.5 Å². The minimum absolute atomic E-state index is 0.214. The normalized spacial score (nSPS) is 10.7. The largest absolute Gasteiger partial charge is 0.385 e. The standard InChI is InChI=1S/C8H8N4O2S/c1-2-3-5(9)11-8(14)12-7(3)15-4(2)6(10)13/h1H3,(H2,10,13)(H3,9,11,12,14). The first kappa shape index (κ1) is 9.66. The van der Waals surface area contributed by atoms with Crippen LogP contribution in [0, 0.1) is 6.92 Å². The fraction of sp³-hybridized carbons (Fsp3) is 0.125. The van der Waals surface area contributed by atoms with E-state index in [0.717, 1.165) is 11.3 Å². The molecule has 0 aliphatic carbocycles. The van der Waals surface area contributed by atoms with Crippen LogP contribution in [0.25, 0.3) is 10.2 Å². The molecule has 78 valence electrons. The monoisotopic (exact) mass is 224 g/mol. The van der Waals surface area contributed by atoms with Crippen LogP contribution in [0.15, 0.2) is 4.79 Å². The Balaban J connectivity index is 2.94. The highest BCUT2D eigenvalue weighted by Gasteiger charge is 2.16. The predicted octanol–water partition coefficient (Wildman–Crippen LogP) is -0.0259. The Morgan fingerprint density at radius 2 is 2.20 bits per heavy atom. The third-order valence-electron chi connectivity index (χ3n) is 2.07. The van der Waals surface area contributed by atoms with Crippen molar-refractivity contribution in [3.05, 3.63) is 20.9 Å². The summed E-state index contributed by atoms with van der Waals surface area (Å²) >= 11 is 1.07. The SMILES string of the molecule is Cc1c(C(N)=O)sc2nc(=O)[nH]c(N)c12. The number of nitrogens with one attached hydrogen (secondary N) is 1. The number of amides is 1. The maximum absolute atomic E-state index is 11.1. The van der Waals surface area contributed by atoms with Gasteiger partial charge in [-0.15, -0.1) is 11.3 Å². The number of hydrogen-bond acceptors (Lipinski definition) is 5. The van der Waals surface area contributed by atoms with Gasteiger partial charge in [-0.2, -0.15) is 4.98 Å². The third kappa shape index (κ3) is 1.37. The number of primary amides is 1. The number of nitrogen functional groups attached to an aromatic ring is 1. The number of nitrogens with zero attached hydrogens (tertiary/aromatic N) is 1. The molecule has 0 unspecified atom stereocenters. The molecule has 2 aromatic heterocycles. The van der Waals surface area contributed by atoms with E-state index >= 15 is 0 Å². The van der Waals surface area contributed by atoms with Crippen molar-refractivity contribution in [3.63, 3.8) is 0 Å². The van der Waals surface area contributed by atoms with Gasteiger partial charge in [0.1, 0.15) is 10.6 Å². The molecule has 7 heteroatoms. The van der Waals surface area contributed by atoms with Crippen molar-refractivity contribution in [3.8, 4) is 0 Å². The lowest BCUT2D eigenvalue weighted by Crippen LogP contribution is -2.12. The first-order valence-electron chi connectivity index (χ1n) is 4.09. The number of aryl methyl sites for hydroxylation is 1. The van der Waals surface area contributed by atoms with E-state index in [9.17, 15) is 9.59 Å². The van der Waals surface area contributed by atoms with Gasteiger partial charge in [0.2, 0.25) is 0 Å². The molecule has 0 spiro atoms. The van der Waals surface area contributed by atoms with Gasteiger partial charge in [-0.05, 0) is 12.5 Å². The number of carbonyl (C=O) groups excluding carboxylic acids is 1. The molecular formula is C8H8N4O2S. The Bertz CT molecular complexity index is 613. The summed E-state index contributed by atoms with van der Waals surface area (Å²) in [6.07, 6.45) is 0. The number of fused-ring (bicyclic) bond motifs is 1. The van der Waals surface area contributed by atoms with Crippen LogP contribution in [0.1, 0.15) is 15.2 Å². The summed E-state index contributed by atoms with van der Waals surface area (Å²) in [5.41, 5.74) is 10.9. The quantitative estimate of drug-likeness (QED) is 0.631. The number of aromatic amines is 1. The second kappa shape index (κ2) is 3.06. The number of nitrogens with two attached hydrogens (primary N) is 2. The average Bonchev–Trinajstić information content (AvgIpc) is 2.42. The maximum Gasteiger partial charge on any atom is 0.347 e. The lowest BCUT2D eigenvalue weighted by atomic mass is 10.2. The lowest BCUT2D eigenvalue weighted by molar-refractivity contribution is 0.100. The Morgan fingerprint density at radius 1 is 1.53 bits per heavy atom. The minimum Gasteiger partial charge on any atom is -0.385 e. The molecule has 6 nitrogen and oxygen atoms in total. The molecule has 0 bridgehead atoms. The van der Waals surface area contributed by atoms with Crippen LogP contribution in [0.3, 0.4) is 0 Å². The first-order chi connectivity index (χ1) is 7.00. The van der Waals surface area contributed by atoms with E-state index in [2.05, 4.69) is 9.97 Å². The summed E-state index contributed by atoms with van der Waals surface area (Å²) in [5.74, 6) is -0.325. The van der Waals surface area contributed by atoms with Gasteiger partial charge >= 0.3 is 5.69 Å². The predicted molar refractivity (Wildman–Crippen MR) is 57.9 cm³/mol. The smallest absolute Gasteiger partial charge is 0.347 e. The van der Waals surface area contributed by atoms with Crippen LogP contribution < -0.4 is 17.2 Å². The molecule has 0 fully saturated rings. The molecule has 0 aliphatic heterocycles. The molecule has 2 aromatic rings. The summed E-state index contributed by atoms with van der Waals surface area (Å²) in [4.78, 5) is 29.0. The van der Waals surface area contributed by atoms with Gasteiger partial charge in [0.25, 0.3) is 5.91 Å². The van der Waals surface area contributed by atoms with Gasteiger partial charge in [-0.25, -0.2) is 4.79 Å². The molecule has 2 heterocycles. The zero-order valence-corrected chi connectivity index (χ0v) is 8.64. The molecule has 5 N–H and O–H groups in total. The zero-order valence-electron chi connectivity index (χ0n) is 7.83. The Kier molecular flexibility index (Phi) is 1.97. The number of thiophene rings is 1. The Labute approximate surface area is 87.9 Å². The molecule has 0 aliphatic rings. The molecule has 2 rings (SSSR count). The topological polar surface area (TPSA) is 115 Å². The summed E-state index contributed by atoms with van der Waals surface area (Å²) in [6.45, 7) is 1.72. The highest BCUT2D eigenvalue weighted by Crippen LogP contribution is 2.30. The number of aromatic nitrogens is 2. The molecule has 0 atom stereocenters. The molecule has 0 radical (unpaired) electrons. The van der Waals surface area contributed by atoms with Gasteiger partial charge in [0.15, 0.2) is 0 Å².